The second-order valence-corrected chi connectivity index (χ2v) is 9.04. The van der Waals surface area contributed by atoms with Gasteiger partial charge in [-0.25, -0.2) is 0 Å². The van der Waals surface area contributed by atoms with Crippen molar-refractivity contribution < 1.29 is 38.0 Å². The SMILES string of the molecule is CC[N+]1=C(C)C(C)(C)c2cc(OC)ccc21.COc1ccc2c(c1)C(C)(C)C(C)=N2.[I-]. The van der Waals surface area contributed by atoms with Gasteiger partial charge in [0.05, 0.1) is 25.3 Å². The summed E-state index contributed by atoms with van der Waals surface area (Å²) in [5.41, 5.74) is 7.77. The van der Waals surface area contributed by atoms with E-state index in [1.807, 2.05) is 18.2 Å². The van der Waals surface area contributed by atoms with Crippen LogP contribution in [-0.2, 0) is 10.8 Å². The van der Waals surface area contributed by atoms with Crippen molar-refractivity contribution >= 4 is 22.8 Å². The van der Waals surface area contributed by atoms with Crippen LogP contribution in [0, 0.1) is 0 Å². The van der Waals surface area contributed by atoms with Gasteiger partial charge in [-0.1, -0.05) is 13.8 Å². The maximum Gasteiger partial charge on any atom is 0.209 e. The Hall–Kier alpha value is -1.89. The third-order valence-corrected chi connectivity index (χ3v) is 6.86. The van der Waals surface area contributed by atoms with Gasteiger partial charge in [0.15, 0.2) is 5.71 Å². The number of hydrogen-bond acceptors (Lipinski definition) is 3. The molecule has 0 unspecified atom stereocenters. The van der Waals surface area contributed by atoms with Crippen molar-refractivity contribution in [2.45, 2.75) is 59.3 Å². The molecule has 2 heterocycles. The van der Waals surface area contributed by atoms with Gasteiger partial charge in [-0.05, 0) is 63.6 Å². The van der Waals surface area contributed by atoms with Gasteiger partial charge in [0.1, 0.15) is 18.0 Å². The minimum absolute atomic E-state index is 0. The predicted octanol–water partition coefficient (Wildman–Crippen LogP) is 3.19. The molecular formula is C26H35IN2O2. The number of aliphatic imine (C=N–C) groups is 1. The van der Waals surface area contributed by atoms with E-state index >= 15 is 0 Å². The fraction of sp³-hybridized carbons (Fsp3) is 0.462. The molecular weight excluding hydrogens is 499 g/mol. The molecule has 0 fully saturated rings. The first-order valence-electron chi connectivity index (χ1n) is 10.6. The van der Waals surface area contributed by atoms with Gasteiger partial charge in [0.25, 0.3) is 0 Å². The zero-order chi connectivity index (χ0) is 22.3. The van der Waals surface area contributed by atoms with E-state index in [9.17, 15) is 0 Å². The van der Waals surface area contributed by atoms with E-state index in [2.05, 4.69) is 76.2 Å². The molecule has 0 saturated carbocycles. The highest BCUT2D eigenvalue weighted by molar-refractivity contribution is 5.99. The molecule has 31 heavy (non-hydrogen) atoms. The number of halogens is 1. The highest BCUT2D eigenvalue weighted by Crippen LogP contribution is 2.42. The second kappa shape index (κ2) is 9.31. The number of hydrogen-bond donors (Lipinski definition) is 0. The lowest BCUT2D eigenvalue weighted by Crippen LogP contribution is -3.00. The average Bonchev–Trinajstić information content (AvgIpc) is 3.07. The lowest BCUT2D eigenvalue weighted by Gasteiger charge is -2.20. The van der Waals surface area contributed by atoms with E-state index in [-0.39, 0.29) is 34.8 Å². The Morgan fingerprint density at radius 1 is 0.839 bits per heavy atom. The summed E-state index contributed by atoms with van der Waals surface area (Å²) >= 11 is 0. The lowest BCUT2D eigenvalue weighted by atomic mass is 9.82. The second-order valence-electron chi connectivity index (χ2n) is 9.04. The normalized spacial score (nSPS) is 17.0. The molecule has 168 valence electrons. The summed E-state index contributed by atoms with van der Waals surface area (Å²) in [6, 6.07) is 12.4. The Bertz CT molecular complexity index is 1040. The van der Waals surface area contributed by atoms with Crippen molar-refractivity contribution in [1.29, 1.82) is 0 Å². The van der Waals surface area contributed by atoms with Crippen LogP contribution in [0.1, 0.15) is 59.6 Å². The highest BCUT2D eigenvalue weighted by Gasteiger charge is 2.42. The third kappa shape index (κ3) is 4.38. The van der Waals surface area contributed by atoms with Crippen LogP contribution in [0.4, 0.5) is 11.4 Å². The Kier molecular flexibility index (Phi) is 7.62. The van der Waals surface area contributed by atoms with Crippen LogP contribution < -0.4 is 33.5 Å². The summed E-state index contributed by atoms with van der Waals surface area (Å²) in [6.07, 6.45) is 0. The van der Waals surface area contributed by atoms with Crippen LogP contribution in [0.25, 0.3) is 0 Å². The average molecular weight is 534 g/mol. The number of fused-ring (bicyclic) bond motifs is 2. The molecule has 0 aromatic heterocycles. The molecule has 0 spiro atoms. The molecule has 2 aromatic carbocycles. The first-order chi connectivity index (χ1) is 14.1. The smallest absolute Gasteiger partial charge is 0.209 e. The van der Waals surface area contributed by atoms with Crippen molar-refractivity contribution in [2.75, 3.05) is 20.8 Å². The molecule has 0 radical (unpaired) electrons. The van der Waals surface area contributed by atoms with Crippen LogP contribution in [-0.4, -0.2) is 36.8 Å². The van der Waals surface area contributed by atoms with E-state index in [4.69, 9.17) is 9.47 Å². The van der Waals surface area contributed by atoms with Crippen molar-refractivity contribution in [2.24, 2.45) is 4.99 Å². The summed E-state index contributed by atoms with van der Waals surface area (Å²) < 4.78 is 12.9. The lowest BCUT2D eigenvalue weighted by molar-refractivity contribution is -0.434. The molecule has 0 saturated heterocycles. The van der Waals surface area contributed by atoms with Crippen LogP contribution in [0.15, 0.2) is 41.4 Å². The van der Waals surface area contributed by atoms with E-state index < -0.39 is 0 Å². The van der Waals surface area contributed by atoms with Crippen molar-refractivity contribution in [3.63, 3.8) is 0 Å². The molecule has 0 bridgehead atoms. The fourth-order valence-electron chi connectivity index (χ4n) is 4.25. The summed E-state index contributed by atoms with van der Waals surface area (Å²) in [5, 5.41) is 0. The zero-order valence-corrected chi connectivity index (χ0v) is 22.4. The van der Waals surface area contributed by atoms with E-state index in [1.165, 1.54) is 28.2 Å². The standard InChI is InChI=1S/C14H20NO.C12H15NO.HI/c1-6-15-10(2)14(3,4)12-9-11(16-5)7-8-13(12)15;1-8-12(2,3)10-7-9(14-4)5-6-11(10)13-8;/h7-9H,6H2,1-5H3;5-7H,1-4H3;1H/q+1;;/p-1. The quantitative estimate of drug-likeness (QED) is 0.448. The first kappa shape index (κ1) is 25.4. The molecule has 0 atom stereocenters. The number of nitrogens with zero attached hydrogens (tertiary/aromatic N) is 2. The van der Waals surface area contributed by atoms with Gasteiger partial charge in [-0.15, -0.1) is 0 Å². The zero-order valence-electron chi connectivity index (χ0n) is 20.3. The largest absolute Gasteiger partial charge is 1.00 e. The molecule has 4 rings (SSSR count). The van der Waals surface area contributed by atoms with Gasteiger partial charge in [0, 0.05) is 29.7 Å². The van der Waals surface area contributed by atoms with Crippen molar-refractivity contribution in [3.05, 3.63) is 47.5 Å². The molecule has 0 aliphatic carbocycles. The fourth-order valence-corrected chi connectivity index (χ4v) is 4.25. The molecule has 0 N–H and O–H groups in total. The van der Waals surface area contributed by atoms with Crippen LogP contribution in [0.2, 0.25) is 0 Å². The summed E-state index contributed by atoms with van der Waals surface area (Å²) in [4.78, 5) is 4.54. The number of rotatable bonds is 3. The molecule has 2 aliphatic rings. The maximum atomic E-state index is 5.31. The van der Waals surface area contributed by atoms with Crippen LogP contribution >= 0.6 is 0 Å². The number of ether oxygens (including phenoxy) is 2. The van der Waals surface area contributed by atoms with Crippen molar-refractivity contribution in [1.82, 2.24) is 0 Å². The van der Waals surface area contributed by atoms with Gasteiger partial charge < -0.3 is 33.5 Å². The minimum atomic E-state index is 0. The van der Waals surface area contributed by atoms with Gasteiger partial charge in [0.2, 0.25) is 5.69 Å². The van der Waals surface area contributed by atoms with Crippen LogP contribution in [0.5, 0.6) is 11.5 Å². The van der Waals surface area contributed by atoms with E-state index in [1.54, 1.807) is 14.2 Å². The van der Waals surface area contributed by atoms with Gasteiger partial charge >= 0.3 is 0 Å². The highest BCUT2D eigenvalue weighted by atomic mass is 127. The third-order valence-electron chi connectivity index (χ3n) is 6.86. The van der Waals surface area contributed by atoms with E-state index in [0.29, 0.717) is 0 Å². The summed E-state index contributed by atoms with van der Waals surface area (Å²) in [7, 11) is 3.41. The van der Waals surface area contributed by atoms with E-state index in [0.717, 1.165) is 23.7 Å². The Labute approximate surface area is 204 Å². The Balaban J connectivity index is 0.000000215. The molecule has 4 nitrogen and oxygen atoms in total. The van der Waals surface area contributed by atoms with Crippen LogP contribution in [0.3, 0.4) is 0 Å². The monoisotopic (exact) mass is 534 g/mol. The van der Waals surface area contributed by atoms with Crippen molar-refractivity contribution in [3.8, 4) is 11.5 Å². The maximum absolute atomic E-state index is 5.31. The topological polar surface area (TPSA) is 33.8 Å². The predicted molar refractivity (Wildman–Crippen MR) is 126 cm³/mol. The van der Waals surface area contributed by atoms with Gasteiger partial charge in [-0.3, -0.25) is 4.99 Å². The summed E-state index contributed by atoms with van der Waals surface area (Å²) in [6.45, 7) is 16.4. The molecule has 2 aliphatic heterocycles. The Morgan fingerprint density at radius 3 is 1.94 bits per heavy atom. The molecule has 2 aromatic rings. The minimum Gasteiger partial charge on any atom is -1.00 e. The molecule has 0 amide bonds. The Morgan fingerprint density at radius 2 is 1.39 bits per heavy atom. The number of benzene rings is 2. The molecule has 5 heteroatoms. The summed E-state index contributed by atoms with van der Waals surface area (Å²) in [5.74, 6) is 1.85. The number of methoxy groups -OCH3 is 2. The first-order valence-corrected chi connectivity index (χ1v) is 10.6. The van der Waals surface area contributed by atoms with Gasteiger partial charge in [-0.2, -0.15) is 4.58 Å².